The van der Waals surface area contributed by atoms with E-state index in [1.165, 1.54) is 4.68 Å². The van der Waals surface area contributed by atoms with Crippen molar-refractivity contribution < 1.29 is 9.47 Å². The van der Waals surface area contributed by atoms with Crippen LogP contribution in [0.2, 0.25) is 0 Å². The fourth-order valence-electron chi connectivity index (χ4n) is 3.43. The second-order valence-corrected chi connectivity index (χ2v) is 8.14. The van der Waals surface area contributed by atoms with Crippen LogP contribution < -0.4 is 15.0 Å². The summed E-state index contributed by atoms with van der Waals surface area (Å²) in [7, 11) is 0. The van der Waals surface area contributed by atoms with E-state index in [0.717, 1.165) is 22.0 Å². The smallest absolute Gasteiger partial charge is 0.282 e. The number of ether oxygens (including phenoxy) is 2. The molecule has 0 amide bonds. The summed E-state index contributed by atoms with van der Waals surface area (Å²) < 4.78 is 13.7. The Balaban J connectivity index is 2.12. The third-order valence-corrected chi connectivity index (χ3v) is 5.28. The number of nitrogens with zero attached hydrogens (tertiary/aromatic N) is 3. The van der Waals surface area contributed by atoms with Crippen LogP contribution in [-0.4, -0.2) is 29.1 Å². The summed E-state index contributed by atoms with van der Waals surface area (Å²) in [5.74, 6) is 4.25. The average molecular weight is 508 g/mol. The summed E-state index contributed by atoms with van der Waals surface area (Å²) in [6, 6.07) is 9.22. The lowest BCUT2D eigenvalue weighted by molar-refractivity contribution is 0.297. The minimum absolute atomic E-state index is 0.131. The molecule has 33 heavy (non-hydrogen) atoms. The summed E-state index contributed by atoms with van der Waals surface area (Å²) in [5.41, 5.74) is 2.06. The van der Waals surface area contributed by atoms with Gasteiger partial charge in [-0.3, -0.25) is 4.79 Å². The maximum absolute atomic E-state index is 13.2. The van der Waals surface area contributed by atoms with Gasteiger partial charge in [-0.2, -0.15) is 9.78 Å². The predicted octanol–water partition coefficient (Wildman–Crippen LogP) is 5.13. The number of rotatable bonds is 10. The predicted molar refractivity (Wildman–Crippen MR) is 137 cm³/mol. The van der Waals surface area contributed by atoms with E-state index in [0.29, 0.717) is 47.7 Å². The number of benzene rings is 2. The monoisotopic (exact) mass is 507 g/mol. The minimum atomic E-state index is -0.216. The normalized spacial score (nSPS) is 11.0. The molecule has 0 saturated heterocycles. The molecule has 0 aliphatic carbocycles. The van der Waals surface area contributed by atoms with Crippen LogP contribution in [0.3, 0.4) is 0 Å². The second kappa shape index (κ2) is 11.5. The lowest BCUT2D eigenvalue weighted by atomic mass is 10.1. The van der Waals surface area contributed by atoms with Gasteiger partial charge in [0.15, 0.2) is 11.5 Å². The highest BCUT2D eigenvalue weighted by Crippen LogP contribution is 2.33. The van der Waals surface area contributed by atoms with Crippen LogP contribution in [0.25, 0.3) is 10.9 Å². The fourth-order valence-corrected chi connectivity index (χ4v) is 3.79. The Hall–Kier alpha value is -3.37. The van der Waals surface area contributed by atoms with Crippen molar-refractivity contribution in [3.05, 3.63) is 74.8 Å². The maximum atomic E-state index is 13.2. The van der Waals surface area contributed by atoms with Crippen molar-refractivity contribution in [3.8, 4) is 23.8 Å². The summed E-state index contributed by atoms with van der Waals surface area (Å²) in [6.45, 7) is 8.36. The van der Waals surface area contributed by atoms with Crippen molar-refractivity contribution in [3.63, 3.8) is 0 Å². The van der Waals surface area contributed by atoms with Crippen LogP contribution in [0.15, 0.2) is 57.4 Å². The van der Waals surface area contributed by atoms with Gasteiger partial charge < -0.3 is 9.47 Å². The van der Waals surface area contributed by atoms with Crippen molar-refractivity contribution in [2.45, 2.75) is 33.1 Å². The molecular weight excluding hydrogens is 482 g/mol. The summed E-state index contributed by atoms with van der Waals surface area (Å²) >= 11 is 3.43. The molecule has 6 nitrogen and oxygen atoms in total. The molecule has 0 N–H and O–H groups in total. The van der Waals surface area contributed by atoms with Crippen LogP contribution >= 0.6 is 15.9 Å². The number of hydrogen-bond donors (Lipinski definition) is 0. The van der Waals surface area contributed by atoms with Gasteiger partial charge in [-0.25, -0.2) is 4.98 Å². The van der Waals surface area contributed by atoms with Crippen LogP contribution in [0, 0.1) is 12.3 Å². The average Bonchev–Trinajstić information content (AvgIpc) is 2.79. The Labute approximate surface area is 202 Å². The zero-order chi connectivity index (χ0) is 23.8. The molecule has 0 aliphatic rings. The first-order chi connectivity index (χ1) is 16.0. The van der Waals surface area contributed by atoms with Gasteiger partial charge in [-0.05, 0) is 55.7 Å². The van der Waals surface area contributed by atoms with E-state index in [2.05, 4.69) is 38.5 Å². The Bertz CT molecular complexity index is 1290. The molecule has 1 heterocycles. The quantitative estimate of drug-likeness (QED) is 0.216. The summed E-state index contributed by atoms with van der Waals surface area (Å²) in [6.07, 6.45) is 10.8. The molecule has 0 radical (unpaired) electrons. The Kier molecular flexibility index (Phi) is 8.45. The molecule has 0 unspecified atom stereocenters. The molecular formula is C26H26BrN3O3. The van der Waals surface area contributed by atoms with Gasteiger partial charge in [-0.15, -0.1) is 13.0 Å². The topological polar surface area (TPSA) is 65.7 Å². The third kappa shape index (κ3) is 5.71. The van der Waals surface area contributed by atoms with E-state index in [4.69, 9.17) is 15.9 Å². The van der Waals surface area contributed by atoms with Gasteiger partial charge in [0.05, 0.1) is 23.7 Å². The first-order valence-corrected chi connectivity index (χ1v) is 11.5. The van der Waals surface area contributed by atoms with Crippen LogP contribution in [0.5, 0.6) is 11.5 Å². The molecule has 0 atom stereocenters. The SMILES string of the molecule is C#CCOc1c(CC=C)cc(C=Nn2c(CCC)nc3ccc(Br)cc3c2=O)cc1OCC. The van der Waals surface area contributed by atoms with Crippen molar-refractivity contribution in [1.29, 1.82) is 0 Å². The number of terminal acetylenes is 1. The molecule has 0 fully saturated rings. The van der Waals surface area contributed by atoms with Gasteiger partial charge in [-0.1, -0.05) is 34.9 Å². The van der Waals surface area contributed by atoms with Crippen LogP contribution in [0.1, 0.15) is 37.2 Å². The molecule has 170 valence electrons. The van der Waals surface area contributed by atoms with E-state index in [1.807, 2.05) is 38.1 Å². The van der Waals surface area contributed by atoms with E-state index in [1.54, 1.807) is 18.4 Å². The first kappa shape index (κ1) is 24.3. The van der Waals surface area contributed by atoms with Crippen molar-refractivity contribution in [2.75, 3.05) is 13.2 Å². The highest BCUT2D eigenvalue weighted by atomic mass is 79.9. The van der Waals surface area contributed by atoms with Crippen LogP contribution in [-0.2, 0) is 12.8 Å². The van der Waals surface area contributed by atoms with Gasteiger partial charge in [0.1, 0.15) is 12.4 Å². The van der Waals surface area contributed by atoms with Gasteiger partial charge in [0.25, 0.3) is 5.56 Å². The molecule has 1 aromatic heterocycles. The Morgan fingerprint density at radius 2 is 2.09 bits per heavy atom. The zero-order valence-electron chi connectivity index (χ0n) is 18.8. The second-order valence-electron chi connectivity index (χ2n) is 7.23. The van der Waals surface area contributed by atoms with E-state index < -0.39 is 0 Å². The lowest BCUT2D eigenvalue weighted by Crippen LogP contribution is -2.22. The van der Waals surface area contributed by atoms with E-state index in [-0.39, 0.29) is 12.2 Å². The molecule has 2 aromatic carbocycles. The van der Waals surface area contributed by atoms with Gasteiger partial charge in [0.2, 0.25) is 0 Å². The number of aromatic nitrogens is 2. The highest BCUT2D eigenvalue weighted by molar-refractivity contribution is 9.10. The Morgan fingerprint density at radius 3 is 2.79 bits per heavy atom. The molecule has 3 aromatic rings. The number of hydrogen-bond acceptors (Lipinski definition) is 5. The molecule has 7 heteroatoms. The number of allylic oxidation sites excluding steroid dienone is 1. The summed E-state index contributed by atoms with van der Waals surface area (Å²) in [4.78, 5) is 17.9. The number of halogens is 1. The standard InChI is InChI=1S/C26H26BrN3O3/c1-5-9-19-14-18(15-23(32-8-4)25(19)33-13-7-3)17-28-30-24(10-6-2)29-22-12-11-20(27)16-21(22)26(30)31/h3,5,11-12,14-17H,1,6,8-10,13H2,2,4H3. The van der Waals surface area contributed by atoms with E-state index >= 15 is 0 Å². The first-order valence-electron chi connectivity index (χ1n) is 10.7. The largest absolute Gasteiger partial charge is 0.490 e. The summed E-state index contributed by atoms with van der Waals surface area (Å²) in [5, 5.41) is 5.02. The fraction of sp³-hybridized carbons (Fsp3) is 0.269. The minimum Gasteiger partial charge on any atom is -0.490 e. The van der Waals surface area contributed by atoms with Crippen molar-refractivity contribution >= 4 is 33.0 Å². The molecule has 3 rings (SSSR count). The third-order valence-electron chi connectivity index (χ3n) is 4.79. The lowest BCUT2D eigenvalue weighted by Gasteiger charge is -2.15. The Morgan fingerprint density at radius 1 is 1.27 bits per heavy atom. The number of aryl methyl sites for hydroxylation is 1. The molecule has 0 spiro atoms. The maximum Gasteiger partial charge on any atom is 0.282 e. The molecule has 0 saturated carbocycles. The van der Waals surface area contributed by atoms with Gasteiger partial charge >= 0.3 is 0 Å². The number of fused-ring (bicyclic) bond motifs is 1. The van der Waals surface area contributed by atoms with Crippen molar-refractivity contribution in [1.82, 2.24) is 9.66 Å². The van der Waals surface area contributed by atoms with Gasteiger partial charge in [0, 0.05) is 16.5 Å². The highest BCUT2D eigenvalue weighted by Gasteiger charge is 2.14. The zero-order valence-corrected chi connectivity index (χ0v) is 20.4. The van der Waals surface area contributed by atoms with Crippen LogP contribution in [0.4, 0.5) is 0 Å². The van der Waals surface area contributed by atoms with Crippen molar-refractivity contribution in [2.24, 2.45) is 5.10 Å². The molecule has 0 aliphatic heterocycles. The molecule has 0 bridgehead atoms. The van der Waals surface area contributed by atoms with E-state index in [9.17, 15) is 4.79 Å².